The van der Waals surface area contributed by atoms with Gasteiger partial charge in [-0.15, -0.1) is 12.4 Å². The van der Waals surface area contributed by atoms with Crippen LogP contribution in [0.15, 0.2) is 65.1 Å². The van der Waals surface area contributed by atoms with Crippen LogP contribution in [0, 0.1) is 0 Å². The molecule has 3 heterocycles. The van der Waals surface area contributed by atoms with Gasteiger partial charge < -0.3 is 14.6 Å². The summed E-state index contributed by atoms with van der Waals surface area (Å²) in [7, 11) is 0. The predicted molar refractivity (Wildman–Crippen MR) is 149 cm³/mol. The van der Waals surface area contributed by atoms with Gasteiger partial charge in [0.25, 0.3) is 0 Å². The largest absolute Gasteiger partial charge is 0.461 e. The van der Waals surface area contributed by atoms with E-state index in [9.17, 15) is 14.4 Å². The maximum absolute atomic E-state index is 13.5. The number of furan rings is 1. The second kappa shape index (κ2) is 10.6. The van der Waals surface area contributed by atoms with Gasteiger partial charge in [0.15, 0.2) is 6.29 Å². The molecule has 0 bridgehead atoms. The number of carbonyl (C=O) groups is 3. The van der Waals surface area contributed by atoms with Crippen LogP contribution in [0.25, 0.3) is 21.7 Å². The van der Waals surface area contributed by atoms with Crippen molar-refractivity contribution in [1.29, 1.82) is 0 Å². The van der Waals surface area contributed by atoms with Gasteiger partial charge in [0.05, 0.1) is 0 Å². The number of hydrogen-bond acceptors (Lipinski definition) is 5. The van der Waals surface area contributed by atoms with E-state index < -0.39 is 12.1 Å². The molecule has 6 rings (SSSR count). The van der Waals surface area contributed by atoms with Crippen LogP contribution in [0.3, 0.4) is 0 Å². The summed E-state index contributed by atoms with van der Waals surface area (Å²) >= 11 is 0. The monoisotopic (exact) mass is 531 g/mol. The molecule has 8 heteroatoms. The molecule has 2 unspecified atom stereocenters. The molecule has 2 fully saturated rings. The summed E-state index contributed by atoms with van der Waals surface area (Å²) < 4.78 is 6.06. The smallest absolute Gasteiger partial charge is 0.246 e. The van der Waals surface area contributed by atoms with Crippen LogP contribution < -0.4 is 5.32 Å². The summed E-state index contributed by atoms with van der Waals surface area (Å²) in [5.74, 6) is 0.738. The molecular weight excluding hydrogens is 502 g/mol. The number of piperazine rings is 2. The number of nitrogens with zero attached hydrogens (tertiary/aromatic N) is 2. The number of nitrogens with one attached hydrogen (secondary N) is 1. The van der Waals surface area contributed by atoms with Crippen LogP contribution in [0.4, 0.5) is 0 Å². The number of hydrogen-bond donors (Lipinski definition) is 1. The van der Waals surface area contributed by atoms with Crippen molar-refractivity contribution in [2.45, 2.75) is 38.4 Å². The topological polar surface area (TPSA) is 82.9 Å². The fourth-order valence-corrected chi connectivity index (χ4v) is 5.85. The standard InChI is InChI=1S/C30H29N3O4.ClH/c1-2-27-23(22-9-5-6-10-28(22)37-27)16-32-13-14-33-26(17-32)29(35)31-25(30(33)36)15-20-12-11-19-7-3-4-8-21(19)24(20)18-34;/h3-12,18,25-26H,2,13-17H2,1H3,(H,31,35);1H. The third kappa shape index (κ3) is 4.46. The SMILES string of the molecule is CCc1oc2ccccc2c1CN1CCN2C(=O)C(Cc3ccc4ccccc4c3C=O)NC(=O)C2C1.Cl. The number of aldehydes is 1. The molecule has 1 aromatic heterocycles. The van der Waals surface area contributed by atoms with Gasteiger partial charge in [-0.05, 0) is 22.4 Å². The van der Waals surface area contributed by atoms with Crippen molar-refractivity contribution in [1.82, 2.24) is 15.1 Å². The molecule has 3 aromatic carbocycles. The summed E-state index contributed by atoms with van der Waals surface area (Å²) in [5.41, 5.74) is 3.38. The highest BCUT2D eigenvalue weighted by Gasteiger charge is 2.43. The van der Waals surface area contributed by atoms with Gasteiger partial charge in [-0.2, -0.15) is 0 Å². The molecule has 2 saturated heterocycles. The maximum atomic E-state index is 13.5. The van der Waals surface area contributed by atoms with Crippen LogP contribution in [0.2, 0.25) is 0 Å². The highest BCUT2D eigenvalue weighted by Crippen LogP contribution is 2.29. The first kappa shape index (κ1) is 25.9. The lowest BCUT2D eigenvalue weighted by atomic mass is 9.93. The van der Waals surface area contributed by atoms with Crippen molar-refractivity contribution in [3.63, 3.8) is 0 Å². The molecule has 196 valence electrons. The summed E-state index contributed by atoms with van der Waals surface area (Å²) in [6.45, 7) is 4.40. The molecule has 0 radical (unpaired) electrons. The predicted octanol–water partition coefficient (Wildman–Crippen LogP) is 4.14. The number of fused-ring (bicyclic) bond motifs is 3. The minimum Gasteiger partial charge on any atom is -0.461 e. The molecule has 2 aliphatic heterocycles. The Morgan fingerprint density at radius 2 is 1.76 bits per heavy atom. The maximum Gasteiger partial charge on any atom is 0.246 e. The average molecular weight is 532 g/mol. The first-order valence-corrected chi connectivity index (χ1v) is 12.9. The molecular formula is C30H30ClN3O4. The minimum atomic E-state index is -0.681. The fourth-order valence-electron chi connectivity index (χ4n) is 5.85. The molecule has 4 aromatic rings. The summed E-state index contributed by atoms with van der Waals surface area (Å²) in [5, 5.41) is 5.89. The number of carbonyl (C=O) groups excluding carboxylic acids is 3. The van der Waals surface area contributed by atoms with Crippen LogP contribution >= 0.6 is 12.4 Å². The molecule has 0 aliphatic carbocycles. The second-order valence-electron chi connectivity index (χ2n) is 9.88. The number of aryl methyl sites for hydroxylation is 1. The molecule has 0 saturated carbocycles. The average Bonchev–Trinajstić information content (AvgIpc) is 3.28. The highest BCUT2D eigenvalue weighted by atomic mass is 35.5. The van der Waals surface area contributed by atoms with E-state index in [2.05, 4.69) is 23.2 Å². The lowest BCUT2D eigenvalue weighted by Gasteiger charge is -2.45. The Bertz CT molecular complexity index is 1530. The fraction of sp³-hybridized carbons (Fsp3) is 0.300. The highest BCUT2D eigenvalue weighted by molar-refractivity contribution is 6.01. The van der Waals surface area contributed by atoms with Gasteiger partial charge in [-0.25, -0.2) is 0 Å². The van der Waals surface area contributed by atoms with Crippen molar-refractivity contribution >= 4 is 52.2 Å². The first-order valence-electron chi connectivity index (χ1n) is 12.9. The van der Waals surface area contributed by atoms with E-state index in [1.54, 1.807) is 4.90 Å². The van der Waals surface area contributed by atoms with E-state index in [1.165, 1.54) is 0 Å². The normalized spacial score (nSPS) is 19.8. The Balaban J connectivity index is 0.00000294. The van der Waals surface area contributed by atoms with Crippen molar-refractivity contribution in [2.75, 3.05) is 19.6 Å². The van der Waals surface area contributed by atoms with E-state index in [-0.39, 0.29) is 30.6 Å². The molecule has 7 nitrogen and oxygen atoms in total. The van der Waals surface area contributed by atoms with Gasteiger partial charge in [-0.3, -0.25) is 19.3 Å². The van der Waals surface area contributed by atoms with Gasteiger partial charge >= 0.3 is 0 Å². The summed E-state index contributed by atoms with van der Waals surface area (Å²) in [6.07, 6.45) is 1.93. The molecule has 38 heavy (non-hydrogen) atoms. The molecule has 1 N–H and O–H groups in total. The Hall–Kier alpha value is -3.68. The minimum absolute atomic E-state index is 0. The van der Waals surface area contributed by atoms with Crippen molar-refractivity contribution < 1.29 is 18.8 Å². The van der Waals surface area contributed by atoms with Crippen LogP contribution in [0.5, 0.6) is 0 Å². The van der Waals surface area contributed by atoms with Crippen LogP contribution in [0.1, 0.15) is 34.2 Å². The Kier molecular flexibility index (Phi) is 7.23. The molecule has 2 atom stereocenters. The number of halogens is 1. The molecule has 2 amide bonds. The number of para-hydroxylation sites is 1. The van der Waals surface area contributed by atoms with Crippen molar-refractivity contribution in [3.05, 3.63) is 83.1 Å². The zero-order valence-corrected chi connectivity index (χ0v) is 22.0. The second-order valence-corrected chi connectivity index (χ2v) is 9.88. The zero-order chi connectivity index (χ0) is 25.5. The van der Waals surface area contributed by atoms with Crippen molar-refractivity contribution in [2.24, 2.45) is 0 Å². The van der Waals surface area contributed by atoms with Gasteiger partial charge in [0, 0.05) is 55.5 Å². The number of amides is 2. The zero-order valence-electron chi connectivity index (χ0n) is 21.2. The van der Waals surface area contributed by atoms with Gasteiger partial charge in [-0.1, -0.05) is 61.5 Å². The van der Waals surface area contributed by atoms with E-state index in [0.29, 0.717) is 31.7 Å². The van der Waals surface area contributed by atoms with Gasteiger partial charge in [0.2, 0.25) is 11.8 Å². The van der Waals surface area contributed by atoms with E-state index in [1.807, 2.05) is 54.6 Å². The van der Waals surface area contributed by atoms with Crippen LogP contribution in [-0.4, -0.2) is 59.6 Å². The number of rotatable bonds is 6. The summed E-state index contributed by atoms with van der Waals surface area (Å²) in [4.78, 5) is 42.6. The Morgan fingerprint density at radius 1 is 1.00 bits per heavy atom. The quantitative estimate of drug-likeness (QED) is 0.378. The first-order chi connectivity index (χ1) is 18.1. The summed E-state index contributed by atoms with van der Waals surface area (Å²) in [6, 6.07) is 18.4. The third-order valence-corrected chi connectivity index (χ3v) is 7.75. The molecule has 2 aliphatic rings. The van der Waals surface area contributed by atoms with Crippen LogP contribution in [-0.2, 0) is 29.0 Å². The number of benzene rings is 3. The van der Waals surface area contributed by atoms with Gasteiger partial charge in [0.1, 0.15) is 23.4 Å². The lowest BCUT2D eigenvalue weighted by Crippen LogP contribution is -2.69. The third-order valence-electron chi connectivity index (χ3n) is 7.75. The Morgan fingerprint density at radius 3 is 2.55 bits per heavy atom. The van der Waals surface area contributed by atoms with E-state index >= 15 is 0 Å². The van der Waals surface area contributed by atoms with E-state index in [0.717, 1.165) is 51.3 Å². The van der Waals surface area contributed by atoms with E-state index in [4.69, 9.17) is 4.42 Å². The van der Waals surface area contributed by atoms with Crippen molar-refractivity contribution in [3.8, 4) is 0 Å². The Labute approximate surface area is 227 Å². The lowest BCUT2D eigenvalue weighted by molar-refractivity contribution is -0.153. The molecule has 0 spiro atoms.